The lowest BCUT2D eigenvalue weighted by atomic mass is 10.1. The van der Waals surface area contributed by atoms with Gasteiger partial charge in [0.1, 0.15) is 0 Å². The topological polar surface area (TPSA) is 62.6 Å². The van der Waals surface area contributed by atoms with Crippen LogP contribution in [-0.2, 0) is 11.8 Å². The highest BCUT2D eigenvalue weighted by Crippen LogP contribution is 2.18. The molecule has 2 heterocycles. The van der Waals surface area contributed by atoms with Gasteiger partial charge in [0.25, 0.3) is 5.91 Å². The lowest BCUT2D eigenvalue weighted by Crippen LogP contribution is -2.44. The van der Waals surface area contributed by atoms with Gasteiger partial charge in [-0.3, -0.25) is 9.48 Å². The number of hydrogen-bond acceptors (Lipinski definition) is 5. The zero-order valence-electron chi connectivity index (χ0n) is 15.7. The molecule has 1 saturated heterocycles. The number of carbonyl (C=O) groups is 1. The van der Waals surface area contributed by atoms with Crippen molar-refractivity contribution in [1.29, 1.82) is 0 Å². The largest absolute Gasteiger partial charge is 0.382 e. The molecule has 0 aliphatic carbocycles. The Labute approximate surface area is 154 Å². The summed E-state index contributed by atoms with van der Waals surface area (Å²) in [5.74, 6) is -0.113. The molecular weight excluding hydrogens is 330 g/mol. The van der Waals surface area contributed by atoms with Gasteiger partial charge in [0.2, 0.25) is 0 Å². The van der Waals surface area contributed by atoms with Gasteiger partial charge in [-0.05, 0) is 37.4 Å². The van der Waals surface area contributed by atoms with Crippen molar-refractivity contribution >= 4 is 11.6 Å². The maximum Gasteiger partial charge on any atom is 0.251 e. The molecule has 1 aliphatic heterocycles. The minimum Gasteiger partial charge on any atom is -0.382 e. The summed E-state index contributed by atoms with van der Waals surface area (Å²) < 4.78 is 7.01. The van der Waals surface area contributed by atoms with Crippen LogP contribution in [0.3, 0.4) is 0 Å². The highest BCUT2D eigenvalue weighted by atomic mass is 16.5. The molecule has 0 radical (unpaired) electrons. The fourth-order valence-corrected chi connectivity index (χ4v) is 3.22. The molecular formula is C19H27N5O2. The van der Waals surface area contributed by atoms with Crippen LogP contribution in [-0.4, -0.2) is 67.5 Å². The average molecular weight is 357 g/mol. The summed E-state index contributed by atoms with van der Waals surface area (Å²) in [7, 11) is 5.62. The van der Waals surface area contributed by atoms with Crippen LogP contribution in [0.5, 0.6) is 0 Å². The molecule has 1 N–H and O–H groups in total. The van der Waals surface area contributed by atoms with Crippen molar-refractivity contribution in [1.82, 2.24) is 20.0 Å². The average Bonchev–Trinajstić information content (AvgIpc) is 3.08. The van der Waals surface area contributed by atoms with Gasteiger partial charge >= 0.3 is 0 Å². The van der Waals surface area contributed by atoms with Crippen LogP contribution in [0.4, 0.5) is 5.69 Å². The SMILES string of the molecule is COC[C@@H](NC(=O)c1ccc(N2CCN(C)CC2)cc1)c1ccnn1C. The number of likely N-dealkylation sites (N-methyl/N-ethyl adjacent to an activating group) is 1. The third-order valence-corrected chi connectivity index (χ3v) is 4.85. The van der Waals surface area contributed by atoms with Crippen molar-refractivity contribution < 1.29 is 9.53 Å². The van der Waals surface area contributed by atoms with E-state index in [9.17, 15) is 4.79 Å². The van der Waals surface area contributed by atoms with E-state index in [0.29, 0.717) is 12.2 Å². The van der Waals surface area contributed by atoms with E-state index in [0.717, 1.165) is 37.6 Å². The lowest BCUT2D eigenvalue weighted by molar-refractivity contribution is 0.0892. The molecule has 7 heteroatoms. The Morgan fingerprint density at radius 2 is 1.85 bits per heavy atom. The molecule has 26 heavy (non-hydrogen) atoms. The quantitative estimate of drug-likeness (QED) is 0.844. The predicted octanol–water partition coefficient (Wildman–Crippen LogP) is 1.29. The minimum absolute atomic E-state index is 0.113. The molecule has 0 bridgehead atoms. The van der Waals surface area contributed by atoms with Gasteiger partial charge in [0, 0.05) is 57.8 Å². The molecule has 1 aromatic carbocycles. The van der Waals surface area contributed by atoms with Gasteiger partial charge in [-0.25, -0.2) is 0 Å². The second-order valence-electron chi connectivity index (χ2n) is 6.70. The highest BCUT2D eigenvalue weighted by molar-refractivity contribution is 5.94. The number of hydrogen-bond donors (Lipinski definition) is 1. The number of nitrogens with one attached hydrogen (secondary N) is 1. The summed E-state index contributed by atoms with van der Waals surface area (Å²) >= 11 is 0. The first kappa shape index (κ1) is 18.4. The first-order chi connectivity index (χ1) is 12.6. The number of aryl methyl sites for hydroxylation is 1. The van der Waals surface area contributed by atoms with E-state index >= 15 is 0 Å². The fraction of sp³-hybridized carbons (Fsp3) is 0.474. The number of methoxy groups -OCH3 is 1. The molecule has 1 aromatic heterocycles. The predicted molar refractivity (Wildman–Crippen MR) is 101 cm³/mol. The Balaban J connectivity index is 1.66. The number of nitrogens with zero attached hydrogens (tertiary/aromatic N) is 4. The number of carbonyl (C=O) groups excluding carboxylic acids is 1. The maximum absolute atomic E-state index is 12.7. The molecule has 0 spiro atoms. The molecule has 1 fully saturated rings. The van der Waals surface area contributed by atoms with Gasteiger partial charge in [-0.15, -0.1) is 0 Å². The highest BCUT2D eigenvalue weighted by Gasteiger charge is 2.19. The molecule has 1 atom stereocenters. The molecule has 1 amide bonds. The number of benzene rings is 1. The number of piperazine rings is 1. The summed E-state index contributed by atoms with van der Waals surface area (Å²) in [4.78, 5) is 17.3. The number of anilines is 1. The third-order valence-electron chi connectivity index (χ3n) is 4.85. The van der Waals surface area contributed by atoms with Crippen molar-refractivity contribution in [2.75, 3.05) is 51.8 Å². The summed E-state index contributed by atoms with van der Waals surface area (Å²) in [6, 6.07) is 9.47. The van der Waals surface area contributed by atoms with Crippen molar-refractivity contribution in [2.45, 2.75) is 6.04 Å². The van der Waals surface area contributed by atoms with E-state index in [1.807, 2.05) is 37.4 Å². The normalized spacial score (nSPS) is 16.5. The summed E-state index contributed by atoms with van der Waals surface area (Å²) in [5, 5.41) is 7.21. The third kappa shape index (κ3) is 4.23. The number of ether oxygens (including phenoxy) is 1. The van der Waals surface area contributed by atoms with Crippen LogP contribution >= 0.6 is 0 Å². The van der Waals surface area contributed by atoms with Gasteiger partial charge in [0.15, 0.2) is 0 Å². The molecule has 2 aromatic rings. The second-order valence-corrected chi connectivity index (χ2v) is 6.70. The lowest BCUT2D eigenvalue weighted by Gasteiger charge is -2.34. The first-order valence-electron chi connectivity index (χ1n) is 8.89. The second kappa shape index (κ2) is 8.33. The fourth-order valence-electron chi connectivity index (χ4n) is 3.22. The van der Waals surface area contributed by atoms with Crippen molar-refractivity contribution in [2.24, 2.45) is 7.05 Å². The molecule has 1 aliphatic rings. The Bertz CT molecular complexity index is 720. The number of amides is 1. The van der Waals surface area contributed by atoms with Crippen LogP contribution in [0.15, 0.2) is 36.5 Å². The number of rotatable bonds is 6. The molecule has 0 unspecified atom stereocenters. The Morgan fingerprint density at radius 1 is 1.15 bits per heavy atom. The van der Waals surface area contributed by atoms with Crippen molar-refractivity contribution in [3.8, 4) is 0 Å². The Morgan fingerprint density at radius 3 is 2.42 bits per heavy atom. The monoisotopic (exact) mass is 357 g/mol. The number of aromatic nitrogens is 2. The van der Waals surface area contributed by atoms with E-state index in [4.69, 9.17) is 4.74 Å². The molecule has 3 rings (SSSR count). The Kier molecular flexibility index (Phi) is 5.90. The van der Waals surface area contributed by atoms with Crippen LogP contribution in [0, 0.1) is 0 Å². The van der Waals surface area contributed by atoms with Gasteiger partial charge in [0.05, 0.1) is 18.3 Å². The van der Waals surface area contributed by atoms with Crippen LogP contribution in [0.1, 0.15) is 22.1 Å². The van der Waals surface area contributed by atoms with E-state index in [2.05, 4.69) is 27.3 Å². The molecule has 7 nitrogen and oxygen atoms in total. The zero-order valence-corrected chi connectivity index (χ0v) is 15.7. The van der Waals surface area contributed by atoms with Gasteiger partial charge in [-0.1, -0.05) is 0 Å². The first-order valence-corrected chi connectivity index (χ1v) is 8.89. The summed E-state index contributed by atoms with van der Waals surface area (Å²) in [6.07, 6.45) is 1.72. The standard InChI is InChI=1S/C19H27N5O2/c1-22-10-12-24(13-11-22)16-6-4-15(5-7-16)19(25)21-17(14-26-3)18-8-9-20-23(18)2/h4-9,17H,10-14H2,1-3H3,(H,21,25)/t17-/m1/s1. The minimum atomic E-state index is -0.239. The van der Waals surface area contributed by atoms with E-state index in [1.165, 1.54) is 0 Å². The zero-order chi connectivity index (χ0) is 18.5. The van der Waals surface area contributed by atoms with Crippen molar-refractivity contribution in [3.05, 3.63) is 47.8 Å². The van der Waals surface area contributed by atoms with E-state index < -0.39 is 0 Å². The summed E-state index contributed by atoms with van der Waals surface area (Å²) in [5.41, 5.74) is 2.72. The summed E-state index contributed by atoms with van der Waals surface area (Å²) in [6.45, 7) is 4.54. The smallest absolute Gasteiger partial charge is 0.251 e. The van der Waals surface area contributed by atoms with E-state index in [1.54, 1.807) is 18.0 Å². The van der Waals surface area contributed by atoms with Gasteiger partial charge < -0.3 is 19.9 Å². The van der Waals surface area contributed by atoms with Crippen LogP contribution in [0.25, 0.3) is 0 Å². The molecule has 0 saturated carbocycles. The maximum atomic E-state index is 12.7. The van der Waals surface area contributed by atoms with Crippen LogP contribution in [0.2, 0.25) is 0 Å². The molecule has 140 valence electrons. The van der Waals surface area contributed by atoms with Gasteiger partial charge in [-0.2, -0.15) is 5.10 Å². The van der Waals surface area contributed by atoms with Crippen LogP contribution < -0.4 is 10.2 Å². The van der Waals surface area contributed by atoms with Crippen molar-refractivity contribution in [3.63, 3.8) is 0 Å². The Hall–Kier alpha value is -2.38. The van der Waals surface area contributed by atoms with E-state index in [-0.39, 0.29) is 11.9 Å².